The van der Waals surface area contributed by atoms with Gasteiger partial charge in [0.2, 0.25) is 5.91 Å². The van der Waals surface area contributed by atoms with E-state index in [1.165, 1.54) is 6.07 Å². The Bertz CT molecular complexity index is 529. The van der Waals surface area contributed by atoms with Crippen molar-refractivity contribution in [2.45, 2.75) is 27.3 Å². The van der Waals surface area contributed by atoms with Crippen molar-refractivity contribution >= 4 is 5.91 Å². The van der Waals surface area contributed by atoms with Crippen molar-refractivity contribution in [1.29, 1.82) is 0 Å². The topological polar surface area (TPSA) is 55.1 Å². The standard InChI is InChI=1S/C16H21FN2O/c1-11(2)12(3)16(20)19-10-14-9-13(5-4-8-18)6-7-15(14)17/h6-7,9,11-12H,8,10,18H2,1-3H3,(H,19,20). The van der Waals surface area contributed by atoms with Crippen LogP contribution in [0.1, 0.15) is 31.9 Å². The molecule has 0 spiro atoms. The molecular formula is C16H21FN2O. The molecule has 1 aromatic carbocycles. The van der Waals surface area contributed by atoms with E-state index in [0.29, 0.717) is 11.1 Å². The fraction of sp³-hybridized carbons (Fsp3) is 0.438. The first-order chi connectivity index (χ1) is 9.45. The van der Waals surface area contributed by atoms with E-state index in [1.54, 1.807) is 12.1 Å². The average molecular weight is 276 g/mol. The summed E-state index contributed by atoms with van der Waals surface area (Å²) in [6.07, 6.45) is 0. The van der Waals surface area contributed by atoms with Crippen LogP contribution in [0, 0.1) is 29.5 Å². The molecule has 0 aliphatic heterocycles. The molecular weight excluding hydrogens is 255 g/mol. The van der Waals surface area contributed by atoms with Crippen LogP contribution >= 0.6 is 0 Å². The molecule has 20 heavy (non-hydrogen) atoms. The Morgan fingerprint density at radius 3 is 2.70 bits per heavy atom. The van der Waals surface area contributed by atoms with Crippen molar-refractivity contribution in [3.05, 3.63) is 35.1 Å². The number of nitrogens with one attached hydrogen (secondary N) is 1. The molecule has 0 aromatic heterocycles. The number of hydrogen-bond acceptors (Lipinski definition) is 2. The highest BCUT2D eigenvalue weighted by molar-refractivity contribution is 5.78. The number of halogens is 1. The molecule has 1 aromatic rings. The Morgan fingerprint density at radius 1 is 1.40 bits per heavy atom. The number of carbonyl (C=O) groups is 1. The van der Waals surface area contributed by atoms with E-state index < -0.39 is 0 Å². The fourth-order valence-electron chi connectivity index (χ4n) is 1.59. The number of rotatable bonds is 4. The zero-order chi connectivity index (χ0) is 15.1. The lowest BCUT2D eigenvalue weighted by molar-refractivity contribution is -0.125. The number of carbonyl (C=O) groups excluding carboxylic acids is 1. The molecule has 0 fully saturated rings. The minimum Gasteiger partial charge on any atom is -0.352 e. The van der Waals surface area contributed by atoms with Gasteiger partial charge >= 0.3 is 0 Å². The number of benzene rings is 1. The van der Waals surface area contributed by atoms with Gasteiger partial charge in [0, 0.05) is 23.6 Å². The van der Waals surface area contributed by atoms with Gasteiger partial charge in [-0.2, -0.15) is 0 Å². The van der Waals surface area contributed by atoms with E-state index in [9.17, 15) is 9.18 Å². The van der Waals surface area contributed by atoms with Gasteiger partial charge in [0.05, 0.1) is 6.54 Å². The van der Waals surface area contributed by atoms with Crippen molar-refractivity contribution in [1.82, 2.24) is 5.32 Å². The molecule has 4 heteroatoms. The minimum atomic E-state index is -0.346. The normalized spacial score (nSPS) is 11.7. The molecule has 3 N–H and O–H groups in total. The molecule has 0 aliphatic carbocycles. The zero-order valence-electron chi connectivity index (χ0n) is 12.2. The van der Waals surface area contributed by atoms with Gasteiger partial charge in [-0.1, -0.05) is 32.6 Å². The lowest BCUT2D eigenvalue weighted by Gasteiger charge is -2.15. The number of hydrogen-bond donors (Lipinski definition) is 2. The van der Waals surface area contributed by atoms with Crippen LogP contribution in [-0.2, 0) is 11.3 Å². The predicted molar refractivity (Wildman–Crippen MR) is 78.2 cm³/mol. The highest BCUT2D eigenvalue weighted by Gasteiger charge is 2.16. The first-order valence-electron chi connectivity index (χ1n) is 6.70. The highest BCUT2D eigenvalue weighted by atomic mass is 19.1. The summed E-state index contributed by atoms with van der Waals surface area (Å²) in [4.78, 5) is 11.8. The third-order valence-corrected chi connectivity index (χ3v) is 3.25. The summed E-state index contributed by atoms with van der Waals surface area (Å²) in [6, 6.07) is 4.59. The first kappa shape index (κ1) is 16.2. The van der Waals surface area contributed by atoms with Gasteiger partial charge in [-0.3, -0.25) is 4.79 Å². The van der Waals surface area contributed by atoms with Crippen LogP contribution in [0.5, 0.6) is 0 Å². The van der Waals surface area contributed by atoms with Gasteiger partial charge in [0.1, 0.15) is 5.82 Å². The average Bonchev–Trinajstić information content (AvgIpc) is 2.43. The van der Waals surface area contributed by atoms with Crippen LogP contribution in [0.25, 0.3) is 0 Å². The molecule has 0 saturated carbocycles. The van der Waals surface area contributed by atoms with E-state index in [0.717, 1.165) is 0 Å². The SMILES string of the molecule is CC(C)C(C)C(=O)NCc1cc(C#CCN)ccc1F. The lowest BCUT2D eigenvalue weighted by Crippen LogP contribution is -2.31. The number of nitrogens with two attached hydrogens (primary N) is 1. The van der Waals surface area contributed by atoms with Crippen molar-refractivity contribution in [2.75, 3.05) is 6.54 Å². The first-order valence-corrected chi connectivity index (χ1v) is 6.70. The van der Waals surface area contributed by atoms with E-state index in [2.05, 4.69) is 17.2 Å². The molecule has 0 saturated heterocycles. The third-order valence-electron chi connectivity index (χ3n) is 3.25. The smallest absolute Gasteiger partial charge is 0.223 e. The summed E-state index contributed by atoms with van der Waals surface area (Å²) in [5.41, 5.74) is 6.42. The Balaban J connectivity index is 2.74. The summed E-state index contributed by atoms with van der Waals surface area (Å²) in [7, 11) is 0. The van der Waals surface area contributed by atoms with Crippen molar-refractivity contribution in [3.63, 3.8) is 0 Å². The zero-order valence-corrected chi connectivity index (χ0v) is 12.2. The molecule has 0 aliphatic rings. The van der Waals surface area contributed by atoms with Gasteiger partial charge in [-0.05, 0) is 24.1 Å². The van der Waals surface area contributed by atoms with E-state index in [1.807, 2.05) is 20.8 Å². The summed E-state index contributed by atoms with van der Waals surface area (Å²) in [5, 5.41) is 2.75. The van der Waals surface area contributed by atoms with Crippen molar-refractivity contribution in [3.8, 4) is 11.8 Å². The van der Waals surface area contributed by atoms with Gasteiger partial charge in [0.25, 0.3) is 0 Å². The van der Waals surface area contributed by atoms with Gasteiger partial charge < -0.3 is 11.1 Å². The molecule has 1 amide bonds. The van der Waals surface area contributed by atoms with Crippen LogP contribution in [0.3, 0.4) is 0 Å². The monoisotopic (exact) mass is 276 g/mol. The molecule has 0 radical (unpaired) electrons. The Kier molecular flexibility index (Phi) is 6.20. The molecule has 0 heterocycles. The second kappa shape index (κ2) is 7.66. The fourth-order valence-corrected chi connectivity index (χ4v) is 1.59. The summed E-state index contributed by atoms with van der Waals surface area (Å²) < 4.78 is 13.7. The van der Waals surface area contributed by atoms with E-state index in [-0.39, 0.29) is 36.6 Å². The van der Waals surface area contributed by atoms with Gasteiger partial charge in [-0.25, -0.2) is 4.39 Å². The maximum Gasteiger partial charge on any atom is 0.223 e. The summed E-state index contributed by atoms with van der Waals surface area (Å²) >= 11 is 0. The minimum absolute atomic E-state index is 0.0714. The second-order valence-corrected chi connectivity index (χ2v) is 5.06. The lowest BCUT2D eigenvalue weighted by atomic mass is 9.97. The van der Waals surface area contributed by atoms with Crippen molar-refractivity contribution < 1.29 is 9.18 Å². The Hall–Kier alpha value is -1.86. The van der Waals surface area contributed by atoms with E-state index >= 15 is 0 Å². The van der Waals surface area contributed by atoms with Crippen LogP contribution in [0.15, 0.2) is 18.2 Å². The Morgan fingerprint density at radius 2 is 2.10 bits per heavy atom. The van der Waals surface area contributed by atoms with E-state index in [4.69, 9.17) is 5.73 Å². The van der Waals surface area contributed by atoms with Crippen LogP contribution in [0.2, 0.25) is 0 Å². The van der Waals surface area contributed by atoms with Crippen LogP contribution in [0.4, 0.5) is 4.39 Å². The van der Waals surface area contributed by atoms with Crippen LogP contribution < -0.4 is 11.1 Å². The summed E-state index contributed by atoms with van der Waals surface area (Å²) in [5.74, 6) is 5.30. The van der Waals surface area contributed by atoms with Crippen molar-refractivity contribution in [2.24, 2.45) is 17.6 Å². The predicted octanol–water partition coefficient (Wildman–Crippen LogP) is 2.04. The van der Waals surface area contributed by atoms with Gasteiger partial charge in [0.15, 0.2) is 0 Å². The largest absolute Gasteiger partial charge is 0.352 e. The van der Waals surface area contributed by atoms with Gasteiger partial charge in [-0.15, -0.1) is 0 Å². The number of amides is 1. The maximum absolute atomic E-state index is 13.7. The molecule has 1 rings (SSSR count). The molecule has 3 nitrogen and oxygen atoms in total. The molecule has 0 bridgehead atoms. The highest BCUT2D eigenvalue weighted by Crippen LogP contribution is 2.12. The quantitative estimate of drug-likeness (QED) is 0.827. The third kappa shape index (κ3) is 4.67. The molecule has 108 valence electrons. The second-order valence-electron chi connectivity index (χ2n) is 5.06. The summed E-state index contributed by atoms with van der Waals surface area (Å²) in [6.45, 7) is 6.25. The molecule has 1 unspecified atom stereocenters. The van der Waals surface area contributed by atoms with Crippen LogP contribution in [-0.4, -0.2) is 12.5 Å². The molecule has 1 atom stereocenters. The maximum atomic E-state index is 13.7. The Labute approximate surface area is 119 Å².